The molecule has 0 aliphatic rings. The number of rotatable bonds is 3. The van der Waals surface area contributed by atoms with Crippen molar-refractivity contribution in [1.29, 1.82) is 0 Å². The second kappa shape index (κ2) is 6.31. The summed E-state index contributed by atoms with van der Waals surface area (Å²) in [6.07, 6.45) is 2.18. The fourth-order valence-electron chi connectivity index (χ4n) is 1.72. The van der Waals surface area contributed by atoms with Gasteiger partial charge >= 0.3 is 0 Å². The molecule has 2 rings (SSSR count). The van der Waals surface area contributed by atoms with Gasteiger partial charge in [0.1, 0.15) is 5.82 Å². The van der Waals surface area contributed by atoms with Crippen LogP contribution in [0.2, 0.25) is 5.02 Å². The molecule has 1 heterocycles. The molecule has 1 aromatic heterocycles. The quantitative estimate of drug-likeness (QED) is 0.804. The second-order valence-corrected chi connectivity index (χ2v) is 6.24. The Hall–Kier alpha value is -0.490. The van der Waals surface area contributed by atoms with E-state index >= 15 is 0 Å². The van der Waals surface area contributed by atoms with E-state index in [1.807, 2.05) is 6.07 Å². The van der Waals surface area contributed by atoms with Crippen molar-refractivity contribution in [3.05, 3.63) is 61.5 Å². The lowest BCUT2D eigenvalue weighted by molar-refractivity contribution is 0.625. The summed E-state index contributed by atoms with van der Waals surface area (Å²) in [7, 11) is 0. The first-order valence-electron chi connectivity index (χ1n) is 5.48. The van der Waals surface area contributed by atoms with Crippen molar-refractivity contribution < 1.29 is 4.39 Å². The fourth-order valence-corrected chi connectivity index (χ4v) is 3.24. The van der Waals surface area contributed by atoms with Crippen LogP contribution in [0.4, 0.5) is 4.39 Å². The van der Waals surface area contributed by atoms with E-state index in [2.05, 4.69) is 36.8 Å². The maximum absolute atomic E-state index is 13.0. The third-order valence-corrected chi connectivity index (χ3v) is 4.06. The smallest absolute Gasteiger partial charge is 0.124 e. The molecule has 6 heteroatoms. The Morgan fingerprint density at radius 2 is 2.05 bits per heavy atom. The minimum absolute atomic E-state index is 0.314. The van der Waals surface area contributed by atoms with Crippen LogP contribution in [-0.4, -0.2) is 4.98 Å². The monoisotopic (exact) mass is 406 g/mol. The molecular formula is C13H10Br2ClFN2. The molecule has 0 aliphatic heterocycles. The highest BCUT2D eigenvalue weighted by Crippen LogP contribution is 2.27. The van der Waals surface area contributed by atoms with Gasteiger partial charge in [0.05, 0.1) is 11.7 Å². The lowest BCUT2D eigenvalue weighted by Crippen LogP contribution is -2.16. The van der Waals surface area contributed by atoms with Gasteiger partial charge in [-0.2, -0.15) is 0 Å². The predicted molar refractivity (Wildman–Crippen MR) is 81.7 cm³/mol. The van der Waals surface area contributed by atoms with E-state index in [-0.39, 0.29) is 11.9 Å². The van der Waals surface area contributed by atoms with Crippen LogP contribution in [0, 0.1) is 5.82 Å². The largest absolute Gasteiger partial charge is 0.322 e. The predicted octanol–water partition coefficient (Wildman–Crippen LogP) is 4.64. The number of benzene rings is 1. The van der Waals surface area contributed by atoms with E-state index in [0.717, 1.165) is 20.2 Å². The zero-order valence-corrected chi connectivity index (χ0v) is 13.6. The fraction of sp³-hybridized carbons (Fsp3) is 0.154. The van der Waals surface area contributed by atoms with E-state index in [0.29, 0.717) is 11.4 Å². The minimum atomic E-state index is -0.356. The molecule has 0 saturated heterocycles. The molecule has 2 nitrogen and oxygen atoms in total. The Morgan fingerprint density at radius 3 is 2.68 bits per heavy atom. The van der Waals surface area contributed by atoms with Crippen molar-refractivity contribution in [1.82, 2.24) is 4.98 Å². The van der Waals surface area contributed by atoms with E-state index in [1.165, 1.54) is 12.1 Å². The van der Waals surface area contributed by atoms with Crippen LogP contribution < -0.4 is 5.73 Å². The highest BCUT2D eigenvalue weighted by molar-refractivity contribution is 9.11. The van der Waals surface area contributed by atoms with Gasteiger partial charge < -0.3 is 5.73 Å². The summed E-state index contributed by atoms with van der Waals surface area (Å²) in [6.45, 7) is 0. The number of nitrogens with two attached hydrogens (primary N) is 1. The molecule has 0 aliphatic carbocycles. The number of pyridine rings is 1. The molecule has 1 unspecified atom stereocenters. The Bertz CT molecular complexity index is 607. The molecule has 1 atom stereocenters. The summed E-state index contributed by atoms with van der Waals surface area (Å²) >= 11 is 12.8. The number of halogens is 4. The molecule has 0 amide bonds. The summed E-state index contributed by atoms with van der Waals surface area (Å²) in [5.74, 6) is -0.356. The van der Waals surface area contributed by atoms with Gasteiger partial charge in [0, 0.05) is 20.2 Å². The molecule has 0 bridgehead atoms. The van der Waals surface area contributed by atoms with Crippen molar-refractivity contribution >= 4 is 43.5 Å². The Kier molecular flexibility index (Phi) is 4.95. The summed E-state index contributed by atoms with van der Waals surface area (Å²) in [5, 5.41) is 0.378. The molecular weight excluding hydrogens is 398 g/mol. The summed E-state index contributed by atoms with van der Waals surface area (Å²) in [4.78, 5) is 4.29. The van der Waals surface area contributed by atoms with Crippen LogP contribution >= 0.6 is 43.5 Å². The first-order chi connectivity index (χ1) is 8.97. The van der Waals surface area contributed by atoms with Crippen molar-refractivity contribution in [2.45, 2.75) is 12.5 Å². The van der Waals surface area contributed by atoms with Crippen molar-refractivity contribution in [3.8, 4) is 0 Å². The number of hydrogen-bond donors (Lipinski definition) is 1. The SMILES string of the molecule is NC(Cc1ccc(F)cc1Cl)c1ncc(Br)cc1Br. The number of nitrogens with zero attached hydrogens (tertiary/aromatic N) is 1. The van der Waals surface area contributed by atoms with Crippen LogP contribution in [0.15, 0.2) is 39.4 Å². The van der Waals surface area contributed by atoms with Crippen molar-refractivity contribution in [2.24, 2.45) is 5.73 Å². The third kappa shape index (κ3) is 3.75. The third-order valence-electron chi connectivity index (χ3n) is 2.64. The average Bonchev–Trinajstić information content (AvgIpc) is 2.32. The van der Waals surface area contributed by atoms with Crippen LogP contribution in [0.1, 0.15) is 17.3 Å². The van der Waals surface area contributed by atoms with E-state index in [1.54, 1.807) is 12.3 Å². The first-order valence-corrected chi connectivity index (χ1v) is 7.44. The van der Waals surface area contributed by atoms with Gasteiger partial charge in [0.25, 0.3) is 0 Å². The molecule has 100 valence electrons. The number of aromatic nitrogens is 1. The molecule has 0 spiro atoms. The maximum Gasteiger partial charge on any atom is 0.124 e. The summed E-state index contributed by atoms with van der Waals surface area (Å²) in [5.41, 5.74) is 7.66. The Labute approximate surface area is 132 Å². The van der Waals surface area contributed by atoms with Gasteiger partial charge in [-0.25, -0.2) is 4.39 Å². The van der Waals surface area contributed by atoms with Crippen LogP contribution in [-0.2, 0) is 6.42 Å². The van der Waals surface area contributed by atoms with Gasteiger partial charge in [-0.1, -0.05) is 17.7 Å². The Balaban J connectivity index is 2.23. The second-order valence-electron chi connectivity index (χ2n) is 4.07. The molecule has 2 N–H and O–H groups in total. The van der Waals surface area contributed by atoms with E-state index in [9.17, 15) is 4.39 Å². The van der Waals surface area contributed by atoms with E-state index < -0.39 is 0 Å². The molecule has 19 heavy (non-hydrogen) atoms. The van der Waals surface area contributed by atoms with Gasteiger partial charge in [0.15, 0.2) is 0 Å². The van der Waals surface area contributed by atoms with Crippen molar-refractivity contribution in [2.75, 3.05) is 0 Å². The van der Waals surface area contributed by atoms with Crippen LogP contribution in [0.3, 0.4) is 0 Å². The summed E-state index contributed by atoms with van der Waals surface area (Å²) < 4.78 is 14.7. The van der Waals surface area contributed by atoms with Crippen LogP contribution in [0.25, 0.3) is 0 Å². The first kappa shape index (κ1) is 14.9. The maximum atomic E-state index is 13.0. The lowest BCUT2D eigenvalue weighted by atomic mass is 10.0. The minimum Gasteiger partial charge on any atom is -0.322 e. The molecule has 1 aromatic carbocycles. The average molecular weight is 408 g/mol. The van der Waals surface area contributed by atoms with Gasteiger partial charge in [-0.15, -0.1) is 0 Å². The highest BCUT2D eigenvalue weighted by atomic mass is 79.9. The number of hydrogen-bond acceptors (Lipinski definition) is 2. The molecule has 0 saturated carbocycles. The highest BCUT2D eigenvalue weighted by Gasteiger charge is 2.14. The van der Waals surface area contributed by atoms with Gasteiger partial charge in [0.2, 0.25) is 0 Å². The zero-order chi connectivity index (χ0) is 14.0. The molecule has 0 fully saturated rings. The van der Waals surface area contributed by atoms with Gasteiger partial charge in [-0.3, -0.25) is 4.98 Å². The summed E-state index contributed by atoms with van der Waals surface area (Å²) in [6, 6.07) is 5.87. The molecule has 0 radical (unpaired) electrons. The zero-order valence-electron chi connectivity index (χ0n) is 9.71. The van der Waals surface area contributed by atoms with Gasteiger partial charge in [-0.05, 0) is 62.0 Å². The molecule has 2 aromatic rings. The normalized spacial score (nSPS) is 12.5. The standard InChI is InChI=1S/C13H10Br2ClFN2/c14-8-4-10(15)13(19-6-8)12(18)3-7-1-2-9(17)5-11(7)16/h1-2,4-6,12H,3,18H2. The lowest BCUT2D eigenvalue weighted by Gasteiger charge is -2.14. The van der Waals surface area contributed by atoms with Crippen LogP contribution in [0.5, 0.6) is 0 Å². The topological polar surface area (TPSA) is 38.9 Å². The van der Waals surface area contributed by atoms with E-state index in [4.69, 9.17) is 17.3 Å². The Morgan fingerprint density at radius 1 is 1.32 bits per heavy atom. The van der Waals surface area contributed by atoms with Crippen molar-refractivity contribution in [3.63, 3.8) is 0 Å².